The molecule has 0 N–H and O–H groups in total. The second-order valence-electron chi connectivity index (χ2n) is 14.6. The van der Waals surface area contributed by atoms with Crippen molar-refractivity contribution in [1.29, 1.82) is 0 Å². The van der Waals surface area contributed by atoms with Crippen LogP contribution in [-0.2, 0) is 33.2 Å². The molecule has 56 heavy (non-hydrogen) atoms. The molecule has 2 aliphatic rings. The number of benzene rings is 4. The van der Waals surface area contributed by atoms with Gasteiger partial charge in [-0.15, -0.1) is 69.1 Å². The SMILES string of the molecule is C[Si]C.FC(F)(F)c1ccc(-c2cccc3[cH-]c(C4CCCCC4)cc23)cc1.FC(F)(F)c1ccc(-c2cccc3[cH-]c(C4CCCCC4)cc23)cc1.[Cl][Zr+2][Cl]. The Balaban J connectivity index is 0.000000188. The van der Waals surface area contributed by atoms with Gasteiger partial charge in [-0.2, -0.15) is 38.5 Å². The molecular formula is C46H46Cl2F6SiZr. The van der Waals surface area contributed by atoms with Crippen LogP contribution in [0.3, 0.4) is 0 Å². The predicted molar refractivity (Wildman–Crippen MR) is 221 cm³/mol. The van der Waals surface area contributed by atoms with Crippen molar-refractivity contribution in [3.63, 3.8) is 0 Å². The van der Waals surface area contributed by atoms with E-state index in [9.17, 15) is 26.3 Å². The molecule has 0 unspecified atom stereocenters. The summed E-state index contributed by atoms with van der Waals surface area (Å²) in [5.74, 6) is 1.25. The molecule has 6 aromatic carbocycles. The summed E-state index contributed by atoms with van der Waals surface area (Å²) in [4.78, 5) is 0. The van der Waals surface area contributed by atoms with Gasteiger partial charge in [0.25, 0.3) is 0 Å². The van der Waals surface area contributed by atoms with Crippen molar-refractivity contribution in [3.05, 3.63) is 131 Å². The zero-order chi connectivity index (χ0) is 40.3. The minimum atomic E-state index is -4.29. The van der Waals surface area contributed by atoms with Crippen LogP contribution in [0, 0.1) is 0 Å². The maximum atomic E-state index is 12.8. The quantitative estimate of drug-likeness (QED) is 0.0939. The summed E-state index contributed by atoms with van der Waals surface area (Å²) in [6.45, 7) is 4.31. The van der Waals surface area contributed by atoms with E-state index in [1.165, 1.54) is 110 Å². The van der Waals surface area contributed by atoms with Crippen molar-refractivity contribution in [2.24, 2.45) is 0 Å². The third-order valence-electron chi connectivity index (χ3n) is 10.7. The molecule has 294 valence electrons. The van der Waals surface area contributed by atoms with Crippen LogP contribution in [0.25, 0.3) is 43.8 Å². The number of hydrogen-bond donors (Lipinski definition) is 0. The van der Waals surface area contributed by atoms with Gasteiger partial charge in [0.05, 0.1) is 11.1 Å². The second kappa shape index (κ2) is 20.9. The van der Waals surface area contributed by atoms with Crippen LogP contribution >= 0.6 is 17.0 Å². The molecule has 2 aliphatic carbocycles. The van der Waals surface area contributed by atoms with E-state index in [2.05, 4.69) is 49.5 Å². The molecule has 0 amide bonds. The molecule has 0 atom stereocenters. The minimum absolute atomic E-state index is 0.603. The van der Waals surface area contributed by atoms with Gasteiger partial charge in [-0.3, -0.25) is 0 Å². The fourth-order valence-electron chi connectivity index (χ4n) is 8.04. The Hall–Kier alpha value is -2.64. The summed E-state index contributed by atoms with van der Waals surface area (Å²) in [6.07, 6.45) is 4.20. The molecule has 10 heteroatoms. The van der Waals surface area contributed by atoms with Crippen LogP contribution in [0.5, 0.6) is 0 Å². The Morgan fingerprint density at radius 2 is 0.857 bits per heavy atom. The molecule has 6 aromatic rings. The first-order valence-corrected chi connectivity index (χ1v) is 27.5. The summed E-state index contributed by atoms with van der Waals surface area (Å²) >= 11 is -0.826. The van der Waals surface area contributed by atoms with Crippen molar-refractivity contribution in [3.8, 4) is 22.3 Å². The van der Waals surface area contributed by atoms with Gasteiger partial charge in [0.15, 0.2) is 0 Å². The summed E-state index contributed by atoms with van der Waals surface area (Å²) in [5, 5.41) is 4.64. The molecule has 2 saturated carbocycles. The Morgan fingerprint density at radius 1 is 0.536 bits per heavy atom. The molecule has 2 radical (unpaired) electrons. The fraction of sp³-hybridized carbons (Fsp3) is 0.348. The van der Waals surface area contributed by atoms with Gasteiger partial charge in [0.1, 0.15) is 0 Å². The van der Waals surface area contributed by atoms with Crippen molar-refractivity contribution in [2.45, 2.75) is 101 Å². The van der Waals surface area contributed by atoms with E-state index in [0.717, 1.165) is 42.5 Å². The molecule has 2 fully saturated rings. The summed E-state index contributed by atoms with van der Waals surface area (Å²) in [6, 6.07) is 32.1. The molecule has 0 bridgehead atoms. The average Bonchev–Trinajstić information content (AvgIpc) is 3.85. The van der Waals surface area contributed by atoms with Crippen LogP contribution in [0.2, 0.25) is 13.1 Å². The van der Waals surface area contributed by atoms with E-state index in [-0.39, 0.29) is 0 Å². The topological polar surface area (TPSA) is 0 Å². The first kappa shape index (κ1) is 44.5. The number of fused-ring (bicyclic) bond motifs is 2. The van der Waals surface area contributed by atoms with Gasteiger partial charge in [0.2, 0.25) is 0 Å². The van der Waals surface area contributed by atoms with E-state index in [1.54, 1.807) is 24.3 Å². The average molecular weight is 903 g/mol. The van der Waals surface area contributed by atoms with Crippen LogP contribution in [0.1, 0.15) is 98.3 Å². The van der Waals surface area contributed by atoms with Gasteiger partial charge >= 0.3 is 50.2 Å². The third kappa shape index (κ3) is 11.7. The van der Waals surface area contributed by atoms with Crippen LogP contribution < -0.4 is 0 Å². The molecular weight excluding hydrogens is 857 g/mol. The fourth-order valence-corrected chi connectivity index (χ4v) is 8.04. The number of alkyl halides is 6. The van der Waals surface area contributed by atoms with Gasteiger partial charge in [-0.05, 0) is 72.9 Å². The van der Waals surface area contributed by atoms with Crippen LogP contribution in [-0.4, -0.2) is 9.52 Å². The van der Waals surface area contributed by atoms with Crippen molar-refractivity contribution < 1.29 is 47.2 Å². The van der Waals surface area contributed by atoms with Gasteiger partial charge in [-0.25, -0.2) is 0 Å². The van der Waals surface area contributed by atoms with Crippen LogP contribution in [0.4, 0.5) is 26.3 Å². The first-order chi connectivity index (χ1) is 26.9. The molecule has 0 nitrogen and oxygen atoms in total. The predicted octanol–water partition coefficient (Wildman–Crippen LogP) is 16.7. The molecule has 0 aromatic heterocycles. The third-order valence-corrected chi connectivity index (χ3v) is 10.7. The Morgan fingerprint density at radius 3 is 1.16 bits per heavy atom. The standard InChI is InChI=1S/2C22H20F3.C2H6Si.2ClH.Zr/c2*23-22(24,25)19-11-9-16(10-12-19)20-8-4-7-17-13-18(14-21(17)20)15-5-2-1-3-6-15;1-3-2;;;/h2*4,7-15H,1-3,5-6H2;1-2H3;2*1H;/q2*-1;;;;+4/p-2. The summed E-state index contributed by atoms with van der Waals surface area (Å²) in [5.41, 5.74) is 5.24. The number of halogens is 8. The summed E-state index contributed by atoms with van der Waals surface area (Å²) in [7, 11) is 11.0. The van der Waals surface area contributed by atoms with E-state index in [1.807, 2.05) is 24.3 Å². The molecule has 0 saturated heterocycles. The van der Waals surface area contributed by atoms with E-state index < -0.39 is 44.3 Å². The van der Waals surface area contributed by atoms with Crippen LogP contribution in [0.15, 0.2) is 109 Å². The molecule has 0 spiro atoms. The Kier molecular flexibility index (Phi) is 16.6. The maximum absolute atomic E-state index is 12.8. The molecule has 0 heterocycles. The number of hydrogen-bond acceptors (Lipinski definition) is 0. The monoisotopic (exact) mass is 900 g/mol. The van der Waals surface area contributed by atoms with E-state index >= 15 is 0 Å². The Bertz CT molecular complexity index is 1930. The van der Waals surface area contributed by atoms with E-state index in [4.69, 9.17) is 17.0 Å². The second-order valence-corrected chi connectivity index (χ2v) is 19.3. The van der Waals surface area contributed by atoms with E-state index in [0.29, 0.717) is 11.8 Å². The van der Waals surface area contributed by atoms with Gasteiger partial charge < -0.3 is 0 Å². The molecule has 8 rings (SSSR count). The number of rotatable bonds is 4. The van der Waals surface area contributed by atoms with Crippen molar-refractivity contribution in [2.75, 3.05) is 0 Å². The molecule has 0 aliphatic heterocycles. The summed E-state index contributed by atoms with van der Waals surface area (Å²) < 4.78 is 76.7. The van der Waals surface area contributed by atoms with Crippen molar-refractivity contribution in [1.82, 2.24) is 0 Å². The van der Waals surface area contributed by atoms with Gasteiger partial charge in [-0.1, -0.05) is 99.1 Å². The Labute approximate surface area is 348 Å². The van der Waals surface area contributed by atoms with Crippen molar-refractivity contribution >= 4 is 48.1 Å². The zero-order valence-electron chi connectivity index (χ0n) is 31.6. The zero-order valence-corrected chi connectivity index (χ0v) is 36.6. The van der Waals surface area contributed by atoms with Gasteiger partial charge in [0, 0.05) is 9.52 Å². The normalized spacial score (nSPS) is 15.2. The first-order valence-electron chi connectivity index (χ1n) is 19.2.